The lowest BCUT2D eigenvalue weighted by Crippen LogP contribution is -2.38. The van der Waals surface area contributed by atoms with E-state index < -0.39 is 14.2 Å². The van der Waals surface area contributed by atoms with Gasteiger partial charge in [-0.05, 0) is 63.9 Å². The van der Waals surface area contributed by atoms with Crippen molar-refractivity contribution in [1.29, 1.82) is 0 Å². The van der Waals surface area contributed by atoms with Crippen LogP contribution in [0.25, 0.3) is 10.4 Å². The molecule has 0 aromatic carbocycles. The second kappa shape index (κ2) is 7.00. The number of nitrogens with zero attached hydrogens (tertiary/aromatic N) is 3. The van der Waals surface area contributed by atoms with Crippen LogP contribution in [0.15, 0.2) is 16.8 Å². The Bertz CT molecular complexity index is 655. The van der Waals surface area contributed by atoms with Crippen molar-refractivity contribution in [2.75, 3.05) is 6.54 Å². The highest BCUT2D eigenvalue weighted by atomic mass is 28.4. The van der Waals surface area contributed by atoms with E-state index >= 15 is 0 Å². The Balaban J connectivity index is 1.92. The molecule has 1 aliphatic carbocycles. The number of esters is 1. The molecule has 8 heteroatoms. The fraction of sp³-hybridized carbons (Fsp3) is 0.833. The van der Waals surface area contributed by atoms with Gasteiger partial charge in [0.15, 0.2) is 8.32 Å². The largest absolute Gasteiger partial charge is 0.459 e. The van der Waals surface area contributed by atoms with E-state index in [-0.39, 0.29) is 42.3 Å². The summed E-state index contributed by atoms with van der Waals surface area (Å²) in [5, 5.41) is 3.66. The van der Waals surface area contributed by atoms with Crippen molar-refractivity contribution in [2.24, 2.45) is 17.0 Å². The predicted octanol–water partition coefficient (Wildman–Crippen LogP) is 3.96. The van der Waals surface area contributed by atoms with Crippen LogP contribution in [0, 0.1) is 11.8 Å². The predicted molar refractivity (Wildman–Crippen MR) is 100.0 cm³/mol. The molecule has 0 spiro atoms. The molecule has 0 radical (unpaired) electrons. The van der Waals surface area contributed by atoms with Crippen molar-refractivity contribution in [3.63, 3.8) is 0 Å². The van der Waals surface area contributed by atoms with Crippen molar-refractivity contribution in [3.05, 3.63) is 22.1 Å². The third kappa shape index (κ3) is 3.98. The van der Waals surface area contributed by atoms with E-state index in [4.69, 9.17) is 19.4 Å². The van der Waals surface area contributed by atoms with Crippen molar-refractivity contribution in [2.45, 2.75) is 76.7 Å². The molecule has 2 saturated heterocycles. The van der Waals surface area contributed by atoms with Gasteiger partial charge in [0.25, 0.3) is 0 Å². The van der Waals surface area contributed by atoms with Gasteiger partial charge in [0.1, 0.15) is 12.2 Å². The molecular weight excluding hydrogens is 350 g/mol. The normalized spacial score (nSPS) is 41.8. The fourth-order valence-corrected chi connectivity index (χ4v) is 5.36. The Hall–Kier alpha value is -1.34. The van der Waals surface area contributed by atoms with E-state index in [9.17, 15) is 4.79 Å². The molecule has 144 valence electrons. The van der Waals surface area contributed by atoms with Crippen LogP contribution in [-0.2, 0) is 18.7 Å². The zero-order chi connectivity index (χ0) is 19.1. The molecule has 26 heavy (non-hydrogen) atoms. The molecule has 2 aliphatic heterocycles. The number of epoxide rings is 1. The number of fused-ring (bicyclic) bond motifs is 3. The van der Waals surface area contributed by atoms with E-state index in [1.54, 1.807) is 0 Å². The Morgan fingerprint density at radius 1 is 1.46 bits per heavy atom. The minimum atomic E-state index is -1.76. The third-order valence-electron chi connectivity index (χ3n) is 5.67. The molecular formula is C18H29N3O4Si. The number of allylic oxidation sites excluding steroid dienone is 1. The van der Waals surface area contributed by atoms with E-state index in [1.165, 1.54) is 5.57 Å². The Kier molecular flexibility index (Phi) is 5.23. The first-order valence-electron chi connectivity index (χ1n) is 9.38. The van der Waals surface area contributed by atoms with Crippen LogP contribution in [0.5, 0.6) is 0 Å². The van der Waals surface area contributed by atoms with Crippen molar-refractivity contribution in [3.8, 4) is 0 Å². The topological polar surface area (TPSA) is 96.8 Å². The maximum atomic E-state index is 12.5. The zero-order valence-electron chi connectivity index (χ0n) is 16.3. The van der Waals surface area contributed by atoms with Crippen molar-refractivity contribution >= 4 is 14.3 Å². The highest BCUT2D eigenvalue weighted by molar-refractivity contribution is 6.69. The third-order valence-corrected chi connectivity index (χ3v) is 6.66. The number of carbonyl (C=O) groups is 1. The molecule has 0 unspecified atom stereocenters. The molecule has 2 heterocycles. The van der Waals surface area contributed by atoms with Gasteiger partial charge in [0, 0.05) is 17.4 Å². The molecule has 0 N–H and O–H groups in total. The standard InChI is InChI=1S/C18H29N3O4Si/c1-11-7-6-8-18(2)16(24-18)15-12(9-14(11)25-26(3,4)5)13(10-20-21-19)17(22)23-15/h7,12-16H,6,8-10H2,1-5H3/b11-7+/t12-,13-,14+,15-,16-,18+/m0/s1. The highest BCUT2D eigenvalue weighted by Crippen LogP contribution is 2.50. The van der Waals surface area contributed by atoms with Gasteiger partial charge in [-0.25, -0.2) is 0 Å². The van der Waals surface area contributed by atoms with E-state index in [2.05, 4.69) is 49.6 Å². The van der Waals surface area contributed by atoms with Crippen molar-refractivity contribution < 1.29 is 18.7 Å². The number of rotatable bonds is 4. The minimum absolute atomic E-state index is 0.0414. The van der Waals surface area contributed by atoms with Crippen LogP contribution in [0.4, 0.5) is 0 Å². The van der Waals surface area contributed by atoms with Gasteiger partial charge in [0.2, 0.25) is 0 Å². The first kappa shape index (κ1) is 19.4. The summed E-state index contributed by atoms with van der Waals surface area (Å²) < 4.78 is 18.2. The maximum Gasteiger partial charge on any atom is 0.309 e. The Morgan fingerprint density at radius 2 is 2.19 bits per heavy atom. The van der Waals surface area contributed by atoms with E-state index in [0.717, 1.165) is 12.8 Å². The van der Waals surface area contributed by atoms with E-state index in [1.807, 2.05) is 0 Å². The maximum absolute atomic E-state index is 12.5. The van der Waals surface area contributed by atoms with Crippen LogP contribution in [-0.4, -0.2) is 44.7 Å². The van der Waals surface area contributed by atoms with Crippen molar-refractivity contribution in [1.82, 2.24) is 0 Å². The molecule has 7 nitrogen and oxygen atoms in total. The Labute approximate surface area is 155 Å². The van der Waals surface area contributed by atoms with Crippen LogP contribution in [0.2, 0.25) is 19.6 Å². The molecule has 0 amide bonds. The first-order valence-corrected chi connectivity index (χ1v) is 12.8. The highest BCUT2D eigenvalue weighted by Gasteiger charge is 2.63. The van der Waals surface area contributed by atoms with Gasteiger partial charge >= 0.3 is 5.97 Å². The summed E-state index contributed by atoms with van der Waals surface area (Å²) in [5.41, 5.74) is 9.66. The minimum Gasteiger partial charge on any atom is -0.459 e. The number of hydrogen-bond donors (Lipinski definition) is 0. The molecule has 0 bridgehead atoms. The van der Waals surface area contributed by atoms with Gasteiger partial charge in [-0.2, -0.15) is 0 Å². The Morgan fingerprint density at radius 3 is 2.85 bits per heavy atom. The lowest BCUT2D eigenvalue weighted by molar-refractivity contribution is -0.144. The SMILES string of the molecule is C/C1=C\CC[C@@]2(C)O[C@H]2[C@H]2OC(=O)[C@@H](CN=[N+]=[N-])[C@@H]2C[C@H]1O[Si](C)(C)C. The lowest BCUT2D eigenvalue weighted by Gasteiger charge is -2.32. The van der Waals surface area contributed by atoms with Gasteiger partial charge in [-0.1, -0.05) is 11.2 Å². The second-order valence-electron chi connectivity index (χ2n) is 8.88. The van der Waals surface area contributed by atoms with Crippen LogP contribution < -0.4 is 0 Å². The fourth-order valence-electron chi connectivity index (χ4n) is 4.22. The zero-order valence-corrected chi connectivity index (χ0v) is 17.3. The van der Waals surface area contributed by atoms with Crippen LogP contribution in [0.1, 0.15) is 33.1 Å². The summed E-state index contributed by atoms with van der Waals surface area (Å²) in [6, 6.07) is 0. The van der Waals surface area contributed by atoms with Crippen LogP contribution in [0.3, 0.4) is 0 Å². The summed E-state index contributed by atoms with van der Waals surface area (Å²) in [6.07, 6.45) is 4.35. The number of ether oxygens (including phenoxy) is 2. The van der Waals surface area contributed by atoms with Gasteiger partial charge in [-0.3, -0.25) is 4.79 Å². The molecule has 0 aromatic heterocycles. The number of hydrogen-bond acceptors (Lipinski definition) is 5. The van der Waals surface area contributed by atoms with Crippen LogP contribution >= 0.6 is 0 Å². The van der Waals surface area contributed by atoms with Gasteiger partial charge in [-0.15, -0.1) is 0 Å². The average molecular weight is 380 g/mol. The summed E-state index contributed by atoms with van der Waals surface area (Å²) in [7, 11) is -1.76. The molecule has 0 saturated carbocycles. The number of azide groups is 1. The molecule has 3 aliphatic rings. The molecule has 6 atom stereocenters. The second-order valence-corrected chi connectivity index (χ2v) is 13.3. The summed E-state index contributed by atoms with van der Waals surface area (Å²) >= 11 is 0. The summed E-state index contributed by atoms with van der Waals surface area (Å²) in [4.78, 5) is 15.3. The lowest BCUT2D eigenvalue weighted by atomic mass is 9.80. The summed E-state index contributed by atoms with van der Waals surface area (Å²) in [6.45, 7) is 10.8. The molecule has 2 fully saturated rings. The molecule has 0 aromatic rings. The van der Waals surface area contributed by atoms with E-state index in [0.29, 0.717) is 6.42 Å². The monoisotopic (exact) mass is 379 g/mol. The van der Waals surface area contributed by atoms with Gasteiger partial charge < -0.3 is 13.9 Å². The average Bonchev–Trinajstić information content (AvgIpc) is 3.10. The first-order chi connectivity index (χ1) is 12.1. The van der Waals surface area contributed by atoms with Gasteiger partial charge in [0.05, 0.1) is 17.6 Å². The summed E-state index contributed by atoms with van der Waals surface area (Å²) in [5.74, 6) is -0.773. The quantitative estimate of drug-likeness (QED) is 0.140. The smallest absolute Gasteiger partial charge is 0.309 e. The number of carbonyl (C=O) groups excluding carboxylic acids is 1. The molecule has 3 rings (SSSR count).